The van der Waals surface area contributed by atoms with Gasteiger partial charge in [-0.15, -0.1) is 0 Å². The Labute approximate surface area is 93.9 Å². The molecule has 86 valence electrons. The molecule has 2 rings (SSSR count). The Hall–Kier alpha value is -1.62. The zero-order chi connectivity index (χ0) is 11.4. The zero-order valence-electron chi connectivity index (χ0n) is 8.94. The highest BCUT2D eigenvalue weighted by atomic mass is 16.3. The predicted molar refractivity (Wildman–Crippen MR) is 59.4 cm³/mol. The summed E-state index contributed by atoms with van der Waals surface area (Å²) in [6.45, 7) is 0. The summed E-state index contributed by atoms with van der Waals surface area (Å²) in [6, 6.07) is 3.47. The molecular weight excluding hydrogens is 206 g/mol. The Morgan fingerprint density at radius 2 is 1.94 bits per heavy atom. The van der Waals surface area contributed by atoms with Gasteiger partial charge in [0.1, 0.15) is 5.60 Å². The van der Waals surface area contributed by atoms with Gasteiger partial charge in [0.2, 0.25) is 0 Å². The number of pyridine rings is 1. The average Bonchev–Trinajstić information content (AvgIpc) is 2.76. The Kier molecular flexibility index (Phi) is 3.05. The van der Waals surface area contributed by atoms with E-state index in [0.29, 0.717) is 12.8 Å². The highest BCUT2D eigenvalue weighted by molar-refractivity contribution is 5.86. The third-order valence-corrected chi connectivity index (χ3v) is 2.85. The summed E-state index contributed by atoms with van der Waals surface area (Å²) in [5, 5.41) is 9.97. The third-order valence-electron chi connectivity index (χ3n) is 2.85. The highest BCUT2D eigenvalue weighted by Crippen LogP contribution is 2.29. The molecule has 1 saturated carbocycles. The van der Waals surface area contributed by atoms with Crippen LogP contribution in [0.1, 0.15) is 25.7 Å². The fourth-order valence-electron chi connectivity index (χ4n) is 1.87. The number of nitrogens with one attached hydrogen (secondary N) is 2. The molecule has 0 bridgehead atoms. The summed E-state index contributed by atoms with van der Waals surface area (Å²) in [6.07, 6.45) is 6.13. The molecule has 0 aliphatic heterocycles. The second-order valence-electron chi connectivity index (χ2n) is 4.05. The minimum atomic E-state index is -1.19. The number of hydrogen-bond acceptors (Lipinski definition) is 4. The minimum absolute atomic E-state index is 0.359. The number of carbonyl (C=O) groups is 1. The van der Waals surface area contributed by atoms with E-state index >= 15 is 0 Å². The number of rotatable bonds is 3. The lowest BCUT2D eigenvalue weighted by Crippen LogP contribution is -2.46. The number of hydrazine groups is 1. The number of amides is 1. The number of nitrogens with zero attached hydrogens (tertiary/aromatic N) is 1. The lowest BCUT2D eigenvalue weighted by atomic mass is 10.0. The second-order valence-corrected chi connectivity index (χ2v) is 4.05. The molecule has 0 saturated heterocycles. The van der Waals surface area contributed by atoms with Crippen molar-refractivity contribution in [2.75, 3.05) is 5.43 Å². The van der Waals surface area contributed by atoms with E-state index in [1.165, 1.54) is 0 Å². The SMILES string of the molecule is O=C(NNc1ccncc1)C1(O)CCCC1. The molecule has 1 aliphatic rings. The quantitative estimate of drug-likeness (QED) is 0.661. The molecule has 1 aliphatic carbocycles. The van der Waals surface area contributed by atoms with Gasteiger partial charge >= 0.3 is 0 Å². The van der Waals surface area contributed by atoms with Crippen LogP contribution in [0.4, 0.5) is 5.69 Å². The van der Waals surface area contributed by atoms with Crippen LogP contribution in [0, 0.1) is 0 Å². The summed E-state index contributed by atoms with van der Waals surface area (Å²) in [7, 11) is 0. The van der Waals surface area contributed by atoms with Gasteiger partial charge in [0.05, 0.1) is 5.69 Å². The molecule has 0 unspecified atom stereocenters. The normalized spacial score (nSPS) is 18.1. The molecule has 0 radical (unpaired) electrons. The molecule has 0 atom stereocenters. The van der Waals surface area contributed by atoms with Crippen LogP contribution in [-0.2, 0) is 4.79 Å². The maximum atomic E-state index is 11.7. The number of hydrogen-bond donors (Lipinski definition) is 3. The van der Waals surface area contributed by atoms with Gasteiger partial charge in [-0.3, -0.25) is 20.6 Å². The first-order valence-electron chi connectivity index (χ1n) is 5.40. The van der Waals surface area contributed by atoms with E-state index in [1.807, 2.05) is 0 Å². The van der Waals surface area contributed by atoms with E-state index in [9.17, 15) is 9.90 Å². The molecular formula is C11H15N3O2. The number of anilines is 1. The maximum Gasteiger partial charge on any atom is 0.270 e. The van der Waals surface area contributed by atoms with Gasteiger partial charge in [-0.25, -0.2) is 0 Å². The summed E-state index contributed by atoms with van der Waals surface area (Å²) in [5.74, 6) is -0.359. The van der Waals surface area contributed by atoms with Crippen molar-refractivity contribution in [3.8, 4) is 0 Å². The summed E-state index contributed by atoms with van der Waals surface area (Å²) in [4.78, 5) is 15.6. The largest absolute Gasteiger partial charge is 0.380 e. The Morgan fingerprint density at radius 3 is 2.56 bits per heavy atom. The van der Waals surface area contributed by atoms with Gasteiger partial charge in [0.15, 0.2) is 0 Å². The van der Waals surface area contributed by atoms with Crippen molar-refractivity contribution >= 4 is 11.6 Å². The summed E-state index contributed by atoms with van der Waals surface area (Å²) < 4.78 is 0. The third kappa shape index (κ3) is 2.30. The smallest absolute Gasteiger partial charge is 0.270 e. The van der Waals surface area contributed by atoms with Crippen LogP contribution in [0.3, 0.4) is 0 Å². The summed E-state index contributed by atoms with van der Waals surface area (Å²) in [5.41, 5.74) is 4.81. The van der Waals surface area contributed by atoms with Gasteiger partial charge in [-0.05, 0) is 37.8 Å². The molecule has 1 aromatic rings. The van der Waals surface area contributed by atoms with Gasteiger partial charge in [-0.1, -0.05) is 0 Å². The molecule has 0 aromatic carbocycles. The zero-order valence-corrected chi connectivity index (χ0v) is 8.94. The molecule has 3 N–H and O–H groups in total. The van der Waals surface area contributed by atoms with Gasteiger partial charge in [0.25, 0.3) is 5.91 Å². The lowest BCUT2D eigenvalue weighted by Gasteiger charge is -2.21. The fraction of sp³-hybridized carbons (Fsp3) is 0.455. The van der Waals surface area contributed by atoms with E-state index < -0.39 is 5.60 Å². The van der Waals surface area contributed by atoms with E-state index in [-0.39, 0.29) is 5.91 Å². The molecule has 5 nitrogen and oxygen atoms in total. The second kappa shape index (κ2) is 4.49. The molecule has 5 heteroatoms. The lowest BCUT2D eigenvalue weighted by molar-refractivity contribution is -0.138. The highest BCUT2D eigenvalue weighted by Gasteiger charge is 2.38. The van der Waals surface area contributed by atoms with Crippen LogP contribution in [0.15, 0.2) is 24.5 Å². The van der Waals surface area contributed by atoms with Gasteiger partial charge in [0, 0.05) is 12.4 Å². The Morgan fingerprint density at radius 1 is 1.31 bits per heavy atom. The minimum Gasteiger partial charge on any atom is -0.380 e. The fourth-order valence-corrected chi connectivity index (χ4v) is 1.87. The first-order chi connectivity index (χ1) is 7.71. The van der Waals surface area contributed by atoms with Crippen LogP contribution >= 0.6 is 0 Å². The summed E-state index contributed by atoms with van der Waals surface area (Å²) >= 11 is 0. The topological polar surface area (TPSA) is 74.2 Å². The molecule has 16 heavy (non-hydrogen) atoms. The Balaban J connectivity index is 1.89. The van der Waals surface area contributed by atoms with Crippen LogP contribution < -0.4 is 10.9 Å². The van der Waals surface area contributed by atoms with Gasteiger partial charge in [-0.2, -0.15) is 0 Å². The number of carbonyl (C=O) groups excluding carboxylic acids is 1. The van der Waals surface area contributed by atoms with E-state index in [0.717, 1.165) is 18.5 Å². The Bertz CT molecular complexity index is 361. The van der Waals surface area contributed by atoms with E-state index in [2.05, 4.69) is 15.8 Å². The monoisotopic (exact) mass is 221 g/mol. The van der Waals surface area contributed by atoms with Crippen molar-refractivity contribution in [2.45, 2.75) is 31.3 Å². The molecule has 1 fully saturated rings. The van der Waals surface area contributed by atoms with E-state index in [4.69, 9.17) is 0 Å². The molecule has 1 aromatic heterocycles. The van der Waals surface area contributed by atoms with Crippen molar-refractivity contribution in [1.29, 1.82) is 0 Å². The molecule has 0 spiro atoms. The number of aliphatic hydroxyl groups is 1. The van der Waals surface area contributed by atoms with Crippen molar-refractivity contribution in [1.82, 2.24) is 10.4 Å². The van der Waals surface area contributed by atoms with Crippen LogP contribution in [0.5, 0.6) is 0 Å². The van der Waals surface area contributed by atoms with Crippen LogP contribution in [0.2, 0.25) is 0 Å². The molecule has 1 heterocycles. The van der Waals surface area contributed by atoms with Crippen molar-refractivity contribution in [3.05, 3.63) is 24.5 Å². The first-order valence-corrected chi connectivity index (χ1v) is 5.40. The van der Waals surface area contributed by atoms with Crippen molar-refractivity contribution in [2.24, 2.45) is 0 Å². The average molecular weight is 221 g/mol. The predicted octanol–water partition coefficient (Wildman–Crippen LogP) is 0.830. The number of aromatic nitrogens is 1. The molecule has 1 amide bonds. The van der Waals surface area contributed by atoms with Crippen LogP contribution in [0.25, 0.3) is 0 Å². The van der Waals surface area contributed by atoms with Crippen molar-refractivity contribution < 1.29 is 9.90 Å². The van der Waals surface area contributed by atoms with E-state index in [1.54, 1.807) is 24.5 Å². The first kappa shape index (κ1) is 10.9. The van der Waals surface area contributed by atoms with Gasteiger partial charge < -0.3 is 5.11 Å². The standard InChI is InChI=1S/C11H15N3O2/c15-10(11(16)5-1-2-6-11)14-13-9-3-7-12-8-4-9/h3-4,7-8,16H,1-2,5-6H2,(H,12,13)(H,14,15). The van der Waals surface area contributed by atoms with Crippen molar-refractivity contribution in [3.63, 3.8) is 0 Å². The maximum absolute atomic E-state index is 11.7. The van der Waals surface area contributed by atoms with Crippen LogP contribution in [-0.4, -0.2) is 21.6 Å².